The average Bonchev–Trinajstić information content (AvgIpc) is 2.53. The highest BCUT2D eigenvalue weighted by atomic mass is 19.1. The molecular weight excluding hydrogens is 269 g/mol. The predicted molar refractivity (Wildman–Crippen MR) is 79.5 cm³/mol. The van der Waals surface area contributed by atoms with Crippen molar-refractivity contribution in [3.05, 3.63) is 58.9 Å². The molecular formula is C17H18FNO2. The van der Waals surface area contributed by atoms with Crippen LogP contribution in [0.2, 0.25) is 0 Å². The van der Waals surface area contributed by atoms with E-state index in [0.717, 1.165) is 41.2 Å². The van der Waals surface area contributed by atoms with Crippen LogP contribution in [0.4, 0.5) is 4.39 Å². The predicted octanol–water partition coefficient (Wildman–Crippen LogP) is 3.08. The highest BCUT2D eigenvalue weighted by molar-refractivity contribution is 5.51. The molecule has 1 aliphatic heterocycles. The van der Waals surface area contributed by atoms with Crippen molar-refractivity contribution in [3.8, 4) is 11.5 Å². The molecule has 3 nitrogen and oxygen atoms in total. The van der Waals surface area contributed by atoms with Crippen molar-refractivity contribution in [3.63, 3.8) is 0 Å². The van der Waals surface area contributed by atoms with Gasteiger partial charge in [0, 0.05) is 18.2 Å². The number of nitrogens with one attached hydrogen (secondary N) is 1. The molecule has 21 heavy (non-hydrogen) atoms. The lowest BCUT2D eigenvalue weighted by molar-refractivity contribution is 0.385. The lowest BCUT2D eigenvalue weighted by atomic mass is 9.89. The van der Waals surface area contributed by atoms with Gasteiger partial charge in [-0.2, -0.15) is 0 Å². The Bertz CT molecular complexity index is 657. The lowest BCUT2D eigenvalue weighted by Crippen LogP contribution is -2.31. The summed E-state index contributed by atoms with van der Waals surface area (Å²) in [5.74, 6) is 1.35. The summed E-state index contributed by atoms with van der Waals surface area (Å²) >= 11 is 0. The molecule has 0 amide bonds. The third-order valence-corrected chi connectivity index (χ3v) is 3.89. The maximum Gasteiger partial charge on any atom is 0.126 e. The molecule has 1 aliphatic rings. The number of methoxy groups -OCH3 is 2. The van der Waals surface area contributed by atoms with E-state index in [9.17, 15) is 4.39 Å². The van der Waals surface area contributed by atoms with Gasteiger partial charge in [-0.15, -0.1) is 0 Å². The Kier molecular flexibility index (Phi) is 3.80. The van der Waals surface area contributed by atoms with Crippen molar-refractivity contribution in [2.75, 3.05) is 20.8 Å². The summed E-state index contributed by atoms with van der Waals surface area (Å²) in [5, 5.41) is 3.44. The van der Waals surface area contributed by atoms with Crippen LogP contribution in [0.25, 0.3) is 0 Å². The summed E-state index contributed by atoms with van der Waals surface area (Å²) < 4.78 is 24.3. The molecule has 1 N–H and O–H groups in total. The van der Waals surface area contributed by atoms with Crippen molar-refractivity contribution in [1.29, 1.82) is 0 Å². The van der Waals surface area contributed by atoms with Crippen molar-refractivity contribution in [2.24, 2.45) is 0 Å². The number of ether oxygens (including phenoxy) is 2. The number of rotatable bonds is 3. The van der Waals surface area contributed by atoms with Gasteiger partial charge in [0.15, 0.2) is 0 Å². The first kappa shape index (κ1) is 13.9. The third-order valence-electron chi connectivity index (χ3n) is 3.89. The molecule has 2 aromatic rings. The molecule has 0 radical (unpaired) electrons. The third kappa shape index (κ3) is 2.59. The fraction of sp³-hybridized carbons (Fsp3) is 0.294. The molecule has 0 spiro atoms. The van der Waals surface area contributed by atoms with E-state index in [0.29, 0.717) is 0 Å². The zero-order valence-corrected chi connectivity index (χ0v) is 12.2. The van der Waals surface area contributed by atoms with Crippen LogP contribution in [0.1, 0.15) is 22.7 Å². The van der Waals surface area contributed by atoms with Crippen molar-refractivity contribution in [1.82, 2.24) is 5.32 Å². The van der Waals surface area contributed by atoms with Crippen molar-refractivity contribution >= 4 is 0 Å². The topological polar surface area (TPSA) is 30.5 Å². The molecule has 0 bridgehead atoms. The molecule has 1 unspecified atom stereocenters. The summed E-state index contributed by atoms with van der Waals surface area (Å²) in [6.45, 7) is 0.830. The van der Waals surface area contributed by atoms with Crippen LogP contribution in [-0.2, 0) is 6.42 Å². The van der Waals surface area contributed by atoms with Crippen LogP contribution in [-0.4, -0.2) is 20.8 Å². The van der Waals surface area contributed by atoms with E-state index in [1.165, 1.54) is 6.07 Å². The van der Waals surface area contributed by atoms with Gasteiger partial charge < -0.3 is 14.8 Å². The average molecular weight is 287 g/mol. The molecule has 1 heterocycles. The smallest absolute Gasteiger partial charge is 0.126 e. The molecule has 0 aromatic heterocycles. The second-order valence-corrected chi connectivity index (χ2v) is 5.09. The van der Waals surface area contributed by atoms with Gasteiger partial charge in [0.05, 0.1) is 20.3 Å². The van der Waals surface area contributed by atoms with E-state index in [2.05, 4.69) is 5.32 Å². The van der Waals surface area contributed by atoms with Crippen LogP contribution < -0.4 is 14.8 Å². The second-order valence-electron chi connectivity index (χ2n) is 5.09. The quantitative estimate of drug-likeness (QED) is 0.941. The second kappa shape index (κ2) is 5.74. The van der Waals surface area contributed by atoms with Gasteiger partial charge in [0.2, 0.25) is 0 Å². The number of halogens is 1. The first-order valence-corrected chi connectivity index (χ1v) is 6.96. The maximum absolute atomic E-state index is 13.5. The molecule has 0 saturated carbocycles. The van der Waals surface area contributed by atoms with Gasteiger partial charge in [-0.3, -0.25) is 0 Å². The zero-order valence-electron chi connectivity index (χ0n) is 12.2. The first-order valence-electron chi connectivity index (χ1n) is 6.96. The Morgan fingerprint density at radius 2 is 2.00 bits per heavy atom. The van der Waals surface area contributed by atoms with Crippen LogP contribution >= 0.6 is 0 Å². The van der Waals surface area contributed by atoms with Gasteiger partial charge in [0.25, 0.3) is 0 Å². The Hall–Kier alpha value is -2.07. The lowest BCUT2D eigenvalue weighted by Gasteiger charge is -2.29. The summed E-state index contributed by atoms with van der Waals surface area (Å²) in [5.41, 5.74) is 3.15. The van der Waals surface area contributed by atoms with Gasteiger partial charge in [0.1, 0.15) is 17.3 Å². The van der Waals surface area contributed by atoms with E-state index in [-0.39, 0.29) is 11.9 Å². The van der Waals surface area contributed by atoms with Crippen molar-refractivity contribution in [2.45, 2.75) is 12.5 Å². The molecule has 0 fully saturated rings. The Morgan fingerprint density at radius 1 is 1.14 bits per heavy atom. The molecule has 1 atom stereocenters. The minimum absolute atomic E-state index is 0.0477. The van der Waals surface area contributed by atoms with Crippen LogP contribution in [0, 0.1) is 5.82 Å². The standard InChI is InChI=1S/C17H18FNO2/c1-20-13-9-15-14(16(10-13)21-2)6-7-19-17(15)11-4-3-5-12(18)8-11/h3-5,8-10,17,19H,6-7H2,1-2H3. The normalized spacial score (nSPS) is 17.2. The summed E-state index contributed by atoms with van der Waals surface area (Å²) in [6.07, 6.45) is 0.883. The maximum atomic E-state index is 13.5. The minimum Gasteiger partial charge on any atom is -0.497 e. The fourth-order valence-electron chi connectivity index (χ4n) is 2.90. The fourth-order valence-corrected chi connectivity index (χ4v) is 2.90. The SMILES string of the molecule is COc1cc(OC)c2c(c1)C(c1cccc(F)c1)NCC2. The summed E-state index contributed by atoms with van der Waals surface area (Å²) in [4.78, 5) is 0. The Balaban J connectivity index is 2.12. The molecule has 2 aromatic carbocycles. The van der Waals surface area contributed by atoms with Crippen molar-refractivity contribution < 1.29 is 13.9 Å². The monoisotopic (exact) mass is 287 g/mol. The van der Waals surface area contributed by atoms with Crippen LogP contribution in [0.15, 0.2) is 36.4 Å². The highest BCUT2D eigenvalue weighted by Gasteiger charge is 2.25. The number of hydrogen-bond acceptors (Lipinski definition) is 3. The number of hydrogen-bond donors (Lipinski definition) is 1. The minimum atomic E-state index is -0.226. The van der Waals surface area contributed by atoms with E-state index in [1.54, 1.807) is 26.4 Å². The zero-order chi connectivity index (χ0) is 14.8. The van der Waals surface area contributed by atoms with E-state index in [4.69, 9.17) is 9.47 Å². The van der Waals surface area contributed by atoms with Gasteiger partial charge in [-0.05, 0) is 35.7 Å². The van der Waals surface area contributed by atoms with E-state index >= 15 is 0 Å². The van der Waals surface area contributed by atoms with Gasteiger partial charge >= 0.3 is 0 Å². The van der Waals surface area contributed by atoms with Crippen LogP contribution in [0.3, 0.4) is 0 Å². The molecule has 0 saturated heterocycles. The van der Waals surface area contributed by atoms with Gasteiger partial charge in [-0.1, -0.05) is 12.1 Å². The first-order chi connectivity index (χ1) is 10.2. The highest BCUT2D eigenvalue weighted by Crippen LogP contribution is 2.37. The van der Waals surface area contributed by atoms with E-state index < -0.39 is 0 Å². The number of benzene rings is 2. The van der Waals surface area contributed by atoms with Crippen LogP contribution in [0.5, 0.6) is 11.5 Å². The summed E-state index contributed by atoms with van der Waals surface area (Å²) in [6, 6.07) is 10.5. The Labute approximate surface area is 123 Å². The van der Waals surface area contributed by atoms with E-state index in [1.807, 2.05) is 18.2 Å². The molecule has 110 valence electrons. The number of fused-ring (bicyclic) bond motifs is 1. The van der Waals surface area contributed by atoms with Gasteiger partial charge in [-0.25, -0.2) is 4.39 Å². The Morgan fingerprint density at radius 3 is 2.71 bits per heavy atom. The molecule has 4 heteroatoms. The largest absolute Gasteiger partial charge is 0.497 e. The summed E-state index contributed by atoms with van der Waals surface area (Å²) in [7, 11) is 3.29. The molecule has 0 aliphatic carbocycles. The molecule has 3 rings (SSSR count).